The van der Waals surface area contributed by atoms with E-state index in [1.807, 2.05) is 30.3 Å². The fourth-order valence-electron chi connectivity index (χ4n) is 2.99. The van der Waals surface area contributed by atoms with Crippen molar-refractivity contribution >= 4 is 39.7 Å². The van der Waals surface area contributed by atoms with Crippen molar-refractivity contribution in [1.29, 1.82) is 0 Å². The van der Waals surface area contributed by atoms with E-state index in [2.05, 4.69) is 20.1 Å². The third kappa shape index (κ3) is 4.26. The summed E-state index contributed by atoms with van der Waals surface area (Å²) in [7, 11) is 0. The van der Waals surface area contributed by atoms with Crippen molar-refractivity contribution in [2.45, 2.75) is 6.54 Å². The molecule has 1 fully saturated rings. The Balaban J connectivity index is 1.32. The molecule has 1 aliphatic heterocycles. The fraction of sp³-hybridized carbons (Fsp3) is 0.263. The van der Waals surface area contributed by atoms with E-state index in [1.165, 1.54) is 17.0 Å². The second-order valence-corrected chi connectivity index (χ2v) is 7.50. The smallest absolute Gasteiger partial charge is 0.271 e. The molecule has 0 spiro atoms. The lowest BCUT2D eigenvalue weighted by Crippen LogP contribution is -2.46. The molecule has 0 radical (unpaired) electrons. The van der Waals surface area contributed by atoms with Crippen LogP contribution in [-0.4, -0.2) is 37.1 Å². The monoisotopic (exact) mass is 402 g/mol. The van der Waals surface area contributed by atoms with E-state index in [4.69, 9.17) is 16.0 Å². The number of carbonyl (C=O) groups is 1. The molecule has 0 aliphatic carbocycles. The Labute approximate surface area is 166 Å². The molecule has 2 aromatic heterocycles. The number of rotatable bonds is 5. The zero-order chi connectivity index (χ0) is 18.6. The predicted octanol–water partition coefficient (Wildman–Crippen LogP) is 3.65. The van der Waals surface area contributed by atoms with Crippen LogP contribution in [0.15, 0.2) is 52.5 Å². The van der Waals surface area contributed by atoms with Gasteiger partial charge in [0.05, 0.1) is 12.8 Å². The molecule has 0 atom stereocenters. The van der Waals surface area contributed by atoms with Gasteiger partial charge in [0, 0.05) is 42.3 Å². The second-order valence-electron chi connectivity index (χ2n) is 6.23. The highest BCUT2D eigenvalue weighted by Gasteiger charge is 2.21. The van der Waals surface area contributed by atoms with Crippen LogP contribution in [-0.2, 0) is 6.54 Å². The molecular formula is C19H19ClN4O2S. The first-order valence-corrected chi connectivity index (χ1v) is 9.96. The molecule has 8 heteroatoms. The minimum Gasteiger partial charge on any atom is -0.467 e. The fourth-order valence-corrected chi connectivity index (χ4v) is 3.98. The van der Waals surface area contributed by atoms with Crippen molar-refractivity contribution in [1.82, 2.24) is 10.3 Å². The first-order valence-electron chi connectivity index (χ1n) is 8.70. The lowest BCUT2D eigenvalue weighted by Gasteiger charge is -2.36. The van der Waals surface area contributed by atoms with Gasteiger partial charge < -0.3 is 19.5 Å². The summed E-state index contributed by atoms with van der Waals surface area (Å²) in [6, 6.07) is 11.5. The Morgan fingerprint density at radius 1 is 1.15 bits per heavy atom. The highest BCUT2D eigenvalue weighted by molar-refractivity contribution is 7.13. The zero-order valence-electron chi connectivity index (χ0n) is 14.6. The van der Waals surface area contributed by atoms with Crippen molar-refractivity contribution in [2.75, 3.05) is 36.0 Å². The van der Waals surface area contributed by atoms with Gasteiger partial charge >= 0.3 is 0 Å². The molecular weight excluding hydrogens is 384 g/mol. The van der Waals surface area contributed by atoms with Gasteiger partial charge in [-0.3, -0.25) is 4.79 Å². The van der Waals surface area contributed by atoms with Crippen LogP contribution in [0.4, 0.5) is 10.8 Å². The minimum atomic E-state index is -0.186. The van der Waals surface area contributed by atoms with E-state index in [0.717, 1.165) is 42.1 Å². The van der Waals surface area contributed by atoms with Crippen LogP contribution in [0.25, 0.3) is 0 Å². The minimum absolute atomic E-state index is 0.186. The van der Waals surface area contributed by atoms with Gasteiger partial charge in [0.2, 0.25) is 0 Å². The molecule has 1 aliphatic rings. The molecule has 6 nitrogen and oxygen atoms in total. The van der Waals surface area contributed by atoms with Crippen molar-refractivity contribution in [3.8, 4) is 0 Å². The van der Waals surface area contributed by atoms with Crippen LogP contribution in [0.3, 0.4) is 0 Å². The quantitative estimate of drug-likeness (QED) is 0.705. The summed E-state index contributed by atoms with van der Waals surface area (Å²) < 4.78 is 5.22. The number of nitrogens with zero attached hydrogens (tertiary/aromatic N) is 3. The Hall–Kier alpha value is -2.51. The van der Waals surface area contributed by atoms with Crippen molar-refractivity contribution in [3.63, 3.8) is 0 Å². The van der Waals surface area contributed by atoms with Crippen LogP contribution >= 0.6 is 22.9 Å². The molecule has 0 unspecified atom stereocenters. The van der Waals surface area contributed by atoms with E-state index in [1.54, 1.807) is 17.7 Å². The van der Waals surface area contributed by atoms with Crippen LogP contribution < -0.4 is 15.1 Å². The summed E-state index contributed by atoms with van der Waals surface area (Å²) in [6.07, 6.45) is 1.59. The number of anilines is 2. The molecule has 1 amide bonds. The number of benzene rings is 1. The number of aromatic nitrogens is 1. The average molecular weight is 403 g/mol. The Kier molecular flexibility index (Phi) is 5.31. The number of hydrogen-bond acceptors (Lipinski definition) is 6. The number of halogens is 1. The van der Waals surface area contributed by atoms with Gasteiger partial charge in [-0.1, -0.05) is 11.6 Å². The van der Waals surface area contributed by atoms with E-state index in [9.17, 15) is 4.79 Å². The largest absolute Gasteiger partial charge is 0.467 e. The Morgan fingerprint density at radius 2 is 1.89 bits per heavy atom. The molecule has 3 heterocycles. The first-order chi connectivity index (χ1) is 13.2. The molecule has 0 saturated carbocycles. The van der Waals surface area contributed by atoms with Crippen LogP contribution in [0.5, 0.6) is 0 Å². The topological polar surface area (TPSA) is 61.6 Å². The van der Waals surface area contributed by atoms with Gasteiger partial charge in [0.15, 0.2) is 5.13 Å². The SMILES string of the molecule is O=C(NCc1ccco1)c1csc(N2CCN(c3ccc(Cl)cc3)CC2)n1. The van der Waals surface area contributed by atoms with Gasteiger partial charge in [-0.05, 0) is 36.4 Å². The maximum atomic E-state index is 12.3. The van der Waals surface area contributed by atoms with E-state index in [-0.39, 0.29) is 5.91 Å². The van der Waals surface area contributed by atoms with Crippen molar-refractivity contribution in [2.24, 2.45) is 0 Å². The van der Waals surface area contributed by atoms with E-state index < -0.39 is 0 Å². The van der Waals surface area contributed by atoms with Crippen molar-refractivity contribution in [3.05, 3.63) is 64.5 Å². The normalized spacial score (nSPS) is 14.4. The highest BCUT2D eigenvalue weighted by atomic mass is 35.5. The molecule has 3 aromatic rings. The second kappa shape index (κ2) is 8.02. The summed E-state index contributed by atoms with van der Waals surface area (Å²) in [5.74, 6) is 0.533. The molecule has 0 bridgehead atoms. The number of piperazine rings is 1. The lowest BCUT2D eigenvalue weighted by atomic mass is 10.2. The molecule has 27 heavy (non-hydrogen) atoms. The molecule has 4 rings (SSSR count). The Morgan fingerprint density at radius 3 is 2.59 bits per heavy atom. The van der Waals surface area contributed by atoms with Gasteiger partial charge in [-0.15, -0.1) is 11.3 Å². The summed E-state index contributed by atoms with van der Waals surface area (Å²) >= 11 is 7.46. The van der Waals surface area contributed by atoms with Gasteiger partial charge in [0.25, 0.3) is 5.91 Å². The van der Waals surface area contributed by atoms with E-state index in [0.29, 0.717) is 12.2 Å². The number of thiazole rings is 1. The molecule has 140 valence electrons. The molecule has 1 N–H and O–H groups in total. The third-order valence-corrected chi connectivity index (χ3v) is 5.62. The summed E-state index contributed by atoms with van der Waals surface area (Å²) in [6.45, 7) is 3.90. The van der Waals surface area contributed by atoms with Gasteiger partial charge in [-0.25, -0.2) is 4.98 Å². The maximum Gasteiger partial charge on any atom is 0.271 e. The van der Waals surface area contributed by atoms with Crippen molar-refractivity contribution < 1.29 is 9.21 Å². The van der Waals surface area contributed by atoms with E-state index >= 15 is 0 Å². The van der Waals surface area contributed by atoms with Crippen LogP contribution in [0.2, 0.25) is 5.02 Å². The predicted molar refractivity (Wildman–Crippen MR) is 108 cm³/mol. The number of amides is 1. The summed E-state index contributed by atoms with van der Waals surface area (Å²) in [4.78, 5) is 21.3. The highest BCUT2D eigenvalue weighted by Crippen LogP contribution is 2.24. The van der Waals surface area contributed by atoms with Gasteiger partial charge in [-0.2, -0.15) is 0 Å². The molecule has 1 saturated heterocycles. The van der Waals surface area contributed by atoms with Crippen LogP contribution in [0, 0.1) is 0 Å². The summed E-state index contributed by atoms with van der Waals surface area (Å²) in [5.41, 5.74) is 1.62. The number of carbonyl (C=O) groups excluding carboxylic acids is 1. The maximum absolute atomic E-state index is 12.3. The Bertz CT molecular complexity index is 887. The number of nitrogens with one attached hydrogen (secondary N) is 1. The number of hydrogen-bond donors (Lipinski definition) is 1. The first kappa shape index (κ1) is 17.9. The van der Waals surface area contributed by atoms with Crippen LogP contribution in [0.1, 0.15) is 16.2 Å². The lowest BCUT2D eigenvalue weighted by molar-refractivity contribution is 0.0944. The molecule has 1 aromatic carbocycles. The standard InChI is InChI=1S/C19H19ClN4O2S/c20-14-3-5-15(6-4-14)23-7-9-24(10-8-23)19-22-17(13-27-19)18(25)21-12-16-2-1-11-26-16/h1-6,11,13H,7-10,12H2,(H,21,25). The summed E-state index contributed by atoms with van der Waals surface area (Å²) in [5, 5.41) is 6.26. The van der Waals surface area contributed by atoms with Gasteiger partial charge in [0.1, 0.15) is 11.5 Å². The zero-order valence-corrected chi connectivity index (χ0v) is 16.2. The third-order valence-electron chi connectivity index (χ3n) is 4.47. The number of furan rings is 1. The average Bonchev–Trinajstić information content (AvgIpc) is 3.39.